The van der Waals surface area contributed by atoms with Gasteiger partial charge in [0.1, 0.15) is 19.8 Å². The van der Waals surface area contributed by atoms with Gasteiger partial charge in [0.05, 0.1) is 0 Å². The fraction of sp³-hybridized carbons (Fsp3) is 0.533. The molecule has 1 fully saturated rings. The molecule has 1 saturated carbocycles. The number of hydrogen-bond acceptors (Lipinski definition) is 4. The summed E-state index contributed by atoms with van der Waals surface area (Å²) in [5.74, 6) is 2.59. The molecule has 5 heteroatoms. The van der Waals surface area contributed by atoms with Gasteiger partial charge in [-0.3, -0.25) is 4.79 Å². The van der Waals surface area contributed by atoms with E-state index in [4.69, 9.17) is 14.2 Å². The first kappa shape index (κ1) is 13.2. The minimum atomic E-state index is -0.0622. The summed E-state index contributed by atoms with van der Waals surface area (Å²) in [6.07, 6.45) is 1.08. The number of nitrogens with one attached hydrogen (secondary N) is 1. The van der Waals surface area contributed by atoms with Crippen LogP contribution in [0.15, 0.2) is 18.2 Å². The highest BCUT2D eigenvalue weighted by molar-refractivity contribution is 5.77. The van der Waals surface area contributed by atoms with E-state index in [0.29, 0.717) is 31.6 Å². The zero-order valence-corrected chi connectivity index (χ0v) is 11.6. The van der Waals surface area contributed by atoms with Crippen LogP contribution >= 0.6 is 0 Å². The number of fused-ring (bicyclic) bond motifs is 1. The number of para-hydroxylation sites is 1. The Hall–Kier alpha value is -1.75. The number of ether oxygens (including phenoxy) is 3. The van der Waals surface area contributed by atoms with Crippen LogP contribution in [0.3, 0.4) is 0 Å². The van der Waals surface area contributed by atoms with Crippen molar-refractivity contribution in [2.45, 2.75) is 12.3 Å². The predicted octanol–water partition coefficient (Wildman–Crippen LogP) is 1.32. The van der Waals surface area contributed by atoms with Crippen LogP contribution in [0.1, 0.15) is 17.9 Å². The maximum atomic E-state index is 11.4. The molecule has 5 nitrogen and oxygen atoms in total. The van der Waals surface area contributed by atoms with E-state index in [0.717, 1.165) is 17.9 Å². The SMILES string of the molecule is COCC(=O)NCC1CC1c1cccc2c1OCCO2. The van der Waals surface area contributed by atoms with Crippen LogP contribution < -0.4 is 14.8 Å². The summed E-state index contributed by atoms with van der Waals surface area (Å²) in [5, 5.41) is 2.89. The van der Waals surface area contributed by atoms with Crippen LogP contribution in [-0.2, 0) is 9.53 Å². The first-order valence-electron chi connectivity index (χ1n) is 6.93. The molecule has 108 valence electrons. The quantitative estimate of drug-likeness (QED) is 0.882. The van der Waals surface area contributed by atoms with E-state index in [1.54, 1.807) is 0 Å². The van der Waals surface area contributed by atoms with Crippen molar-refractivity contribution in [1.29, 1.82) is 0 Å². The Balaban J connectivity index is 1.60. The molecule has 1 aromatic carbocycles. The fourth-order valence-electron chi connectivity index (χ4n) is 2.67. The third kappa shape index (κ3) is 2.72. The minimum absolute atomic E-state index is 0.0622. The van der Waals surface area contributed by atoms with E-state index >= 15 is 0 Å². The van der Waals surface area contributed by atoms with Gasteiger partial charge in [-0.1, -0.05) is 12.1 Å². The Kier molecular flexibility index (Phi) is 3.78. The lowest BCUT2D eigenvalue weighted by Gasteiger charge is -2.21. The van der Waals surface area contributed by atoms with Gasteiger partial charge >= 0.3 is 0 Å². The first-order chi connectivity index (χ1) is 9.79. The van der Waals surface area contributed by atoms with Crippen LogP contribution in [0, 0.1) is 5.92 Å². The lowest BCUT2D eigenvalue weighted by Crippen LogP contribution is -2.29. The molecule has 1 aromatic rings. The van der Waals surface area contributed by atoms with Crippen molar-refractivity contribution in [3.8, 4) is 11.5 Å². The van der Waals surface area contributed by atoms with Gasteiger partial charge in [-0.25, -0.2) is 0 Å². The number of methoxy groups -OCH3 is 1. The minimum Gasteiger partial charge on any atom is -0.486 e. The van der Waals surface area contributed by atoms with Crippen LogP contribution in [0.2, 0.25) is 0 Å². The van der Waals surface area contributed by atoms with E-state index in [1.807, 2.05) is 12.1 Å². The first-order valence-corrected chi connectivity index (χ1v) is 6.93. The van der Waals surface area contributed by atoms with Crippen LogP contribution in [0.4, 0.5) is 0 Å². The van der Waals surface area contributed by atoms with Crippen molar-refractivity contribution in [2.75, 3.05) is 33.5 Å². The Morgan fingerprint density at radius 1 is 1.40 bits per heavy atom. The molecule has 0 saturated heterocycles. The molecular weight excluding hydrogens is 258 g/mol. The summed E-state index contributed by atoms with van der Waals surface area (Å²) in [4.78, 5) is 11.4. The van der Waals surface area contributed by atoms with Gasteiger partial charge in [-0.2, -0.15) is 0 Å². The van der Waals surface area contributed by atoms with Crippen LogP contribution in [0.25, 0.3) is 0 Å². The summed E-state index contributed by atoms with van der Waals surface area (Å²) < 4.78 is 16.1. The van der Waals surface area contributed by atoms with E-state index in [1.165, 1.54) is 12.7 Å². The highest BCUT2D eigenvalue weighted by atomic mass is 16.6. The second-order valence-corrected chi connectivity index (χ2v) is 5.21. The van der Waals surface area contributed by atoms with Gasteiger partial charge in [0.2, 0.25) is 5.91 Å². The summed E-state index contributed by atoms with van der Waals surface area (Å²) in [7, 11) is 1.52. The standard InChI is InChI=1S/C15H19NO4/c1-18-9-14(17)16-8-10-7-12(10)11-3-2-4-13-15(11)20-6-5-19-13/h2-4,10,12H,5-9H2,1H3,(H,16,17). The lowest BCUT2D eigenvalue weighted by molar-refractivity contribution is -0.124. The Labute approximate surface area is 118 Å². The second kappa shape index (κ2) is 5.71. The highest BCUT2D eigenvalue weighted by Gasteiger charge is 2.41. The highest BCUT2D eigenvalue weighted by Crippen LogP contribution is 2.52. The Bertz CT molecular complexity index is 503. The average Bonchev–Trinajstić information content (AvgIpc) is 3.24. The number of carbonyl (C=O) groups excluding carboxylic acids is 1. The van der Waals surface area contributed by atoms with Gasteiger partial charge in [0.25, 0.3) is 0 Å². The Morgan fingerprint density at radius 2 is 2.25 bits per heavy atom. The molecule has 0 spiro atoms. The smallest absolute Gasteiger partial charge is 0.245 e. The lowest BCUT2D eigenvalue weighted by atomic mass is 10.1. The molecule has 2 unspecified atom stereocenters. The van der Waals surface area contributed by atoms with Crippen molar-refractivity contribution in [3.05, 3.63) is 23.8 Å². The maximum absolute atomic E-state index is 11.4. The molecule has 20 heavy (non-hydrogen) atoms. The van der Waals surface area contributed by atoms with Crippen LogP contribution in [0.5, 0.6) is 11.5 Å². The molecular formula is C15H19NO4. The number of amides is 1. The molecule has 1 N–H and O–H groups in total. The van der Waals surface area contributed by atoms with Crippen molar-refractivity contribution in [2.24, 2.45) is 5.92 Å². The monoisotopic (exact) mass is 277 g/mol. The summed E-state index contributed by atoms with van der Waals surface area (Å²) in [6, 6.07) is 6.03. The predicted molar refractivity (Wildman–Crippen MR) is 73.2 cm³/mol. The van der Waals surface area contributed by atoms with E-state index in [2.05, 4.69) is 11.4 Å². The number of rotatable bonds is 5. The van der Waals surface area contributed by atoms with Crippen molar-refractivity contribution >= 4 is 5.91 Å². The largest absolute Gasteiger partial charge is 0.486 e. The summed E-state index contributed by atoms with van der Waals surface area (Å²) in [6.45, 7) is 2.02. The number of carbonyl (C=O) groups is 1. The van der Waals surface area contributed by atoms with Gasteiger partial charge in [-0.05, 0) is 24.3 Å². The second-order valence-electron chi connectivity index (χ2n) is 5.21. The zero-order chi connectivity index (χ0) is 13.9. The van der Waals surface area contributed by atoms with Crippen molar-refractivity contribution in [3.63, 3.8) is 0 Å². The molecule has 3 rings (SSSR count). The molecule has 1 heterocycles. The molecule has 0 bridgehead atoms. The van der Waals surface area contributed by atoms with Crippen molar-refractivity contribution < 1.29 is 19.0 Å². The topological polar surface area (TPSA) is 56.8 Å². The van der Waals surface area contributed by atoms with E-state index in [-0.39, 0.29) is 12.5 Å². The Morgan fingerprint density at radius 3 is 3.10 bits per heavy atom. The zero-order valence-electron chi connectivity index (χ0n) is 11.6. The third-order valence-electron chi connectivity index (χ3n) is 3.76. The molecule has 2 atom stereocenters. The summed E-state index contributed by atoms with van der Waals surface area (Å²) >= 11 is 0. The number of benzene rings is 1. The van der Waals surface area contributed by atoms with Gasteiger partial charge in [-0.15, -0.1) is 0 Å². The molecule has 1 amide bonds. The third-order valence-corrected chi connectivity index (χ3v) is 3.76. The number of hydrogen-bond donors (Lipinski definition) is 1. The maximum Gasteiger partial charge on any atom is 0.245 e. The fourth-order valence-corrected chi connectivity index (χ4v) is 2.67. The van der Waals surface area contributed by atoms with Gasteiger partial charge < -0.3 is 19.5 Å². The normalized spacial score (nSPS) is 23.2. The van der Waals surface area contributed by atoms with Gasteiger partial charge in [0.15, 0.2) is 11.5 Å². The summed E-state index contributed by atoms with van der Waals surface area (Å²) in [5.41, 5.74) is 1.20. The van der Waals surface area contributed by atoms with E-state index < -0.39 is 0 Å². The van der Waals surface area contributed by atoms with Crippen LogP contribution in [-0.4, -0.2) is 39.4 Å². The molecule has 1 aliphatic heterocycles. The average molecular weight is 277 g/mol. The molecule has 2 aliphatic rings. The van der Waals surface area contributed by atoms with E-state index in [9.17, 15) is 4.79 Å². The molecule has 0 radical (unpaired) electrons. The molecule has 0 aromatic heterocycles. The van der Waals surface area contributed by atoms with Crippen molar-refractivity contribution in [1.82, 2.24) is 5.32 Å². The molecule has 1 aliphatic carbocycles. The van der Waals surface area contributed by atoms with Gasteiger partial charge in [0, 0.05) is 19.2 Å².